The van der Waals surface area contributed by atoms with Gasteiger partial charge < -0.3 is 9.33 Å². The molecule has 2 aromatic carbocycles. The van der Waals surface area contributed by atoms with Crippen LogP contribution in [0.25, 0.3) is 0 Å². The maximum absolute atomic E-state index is 13.7. The quantitative estimate of drug-likeness (QED) is 0.282. The van der Waals surface area contributed by atoms with E-state index in [1.807, 2.05) is 35.2 Å². The molecule has 5 heteroatoms. The van der Waals surface area contributed by atoms with Gasteiger partial charge in [-0.2, -0.15) is 0 Å². The average molecular weight is 529 g/mol. The van der Waals surface area contributed by atoms with Crippen molar-refractivity contribution in [1.82, 2.24) is 4.90 Å². The van der Waals surface area contributed by atoms with Crippen molar-refractivity contribution in [3.63, 3.8) is 0 Å². The van der Waals surface area contributed by atoms with E-state index >= 15 is 0 Å². The Morgan fingerprint density at radius 1 is 1.03 bits per heavy atom. The number of hydrogen-bond donors (Lipinski definition) is 0. The highest BCUT2D eigenvalue weighted by atomic mass is 79.9. The lowest BCUT2D eigenvalue weighted by atomic mass is 9.90. The van der Waals surface area contributed by atoms with Crippen LogP contribution in [0.2, 0.25) is 18.1 Å². The van der Waals surface area contributed by atoms with Gasteiger partial charge in [0.2, 0.25) is 5.91 Å². The van der Waals surface area contributed by atoms with Crippen molar-refractivity contribution < 1.29 is 9.22 Å². The molecule has 1 heterocycles. The van der Waals surface area contributed by atoms with Crippen LogP contribution in [-0.2, 0) is 15.8 Å². The van der Waals surface area contributed by atoms with E-state index in [2.05, 4.69) is 93.1 Å². The van der Waals surface area contributed by atoms with E-state index in [1.54, 1.807) is 0 Å². The molecule has 0 unspecified atom stereocenters. The Morgan fingerprint density at radius 3 is 2.24 bits per heavy atom. The fourth-order valence-corrected chi connectivity index (χ4v) is 5.60. The molecule has 3 atom stereocenters. The topological polar surface area (TPSA) is 29.5 Å². The molecule has 33 heavy (non-hydrogen) atoms. The van der Waals surface area contributed by atoms with Crippen LogP contribution in [0.15, 0.2) is 71.2 Å². The molecule has 3 rings (SSSR count). The molecule has 0 N–H and O–H groups in total. The van der Waals surface area contributed by atoms with Crippen LogP contribution in [0, 0.1) is 5.92 Å². The number of benzene rings is 2. The molecule has 0 saturated heterocycles. The zero-order valence-corrected chi connectivity index (χ0v) is 23.4. The number of carbonyl (C=O) groups is 1. The fraction of sp³-hybridized carbons (Fsp3) is 0.464. The van der Waals surface area contributed by atoms with Gasteiger partial charge in [0.05, 0.1) is 12.1 Å². The lowest BCUT2D eigenvalue weighted by molar-refractivity contribution is -0.135. The summed E-state index contributed by atoms with van der Waals surface area (Å²) in [5, 5.41) is 0.121. The molecule has 1 aliphatic heterocycles. The summed E-state index contributed by atoms with van der Waals surface area (Å²) < 4.78 is 7.90. The van der Waals surface area contributed by atoms with Gasteiger partial charge in [-0.15, -0.1) is 0 Å². The molecular formula is C28H38BrNO2Si. The van der Waals surface area contributed by atoms with E-state index < -0.39 is 8.32 Å². The molecule has 3 nitrogen and oxygen atoms in total. The van der Waals surface area contributed by atoms with Crippen molar-refractivity contribution >= 4 is 30.2 Å². The summed E-state index contributed by atoms with van der Waals surface area (Å²) in [6.45, 7) is 14.2. The molecule has 0 radical (unpaired) electrons. The van der Waals surface area contributed by atoms with E-state index in [0.717, 1.165) is 22.0 Å². The Bertz CT molecular complexity index is 950. The van der Waals surface area contributed by atoms with Crippen LogP contribution < -0.4 is 0 Å². The van der Waals surface area contributed by atoms with Gasteiger partial charge in [-0.3, -0.25) is 4.79 Å². The molecule has 1 aliphatic rings. The third-order valence-corrected chi connectivity index (χ3v) is 12.2. The molecule has 0 fully saturated rings. The molecule has 2 aromatic rings. The van der Waals surface area contributed by atoms with E-state index in [-0.39, 0.29) is 29.0 Å². The minimum atomic E-state index is -1.98. The van der Waals surface area contributed by atoms with Gasteiger partial charge >= 0.3 is 0 Å². The summed E-state index contributed by atoms with van der Waals surface area (Å²) >= 11 is 3.54. The summed E-state index contributed by atoms with van der Waals surface area (Å²) in [6, 6.07) is 18.4. The number of amides is 1. The second-order valence-electron chi connectivity index (χ2n) is 10.6. The Balaban J connectivity index is 2.01. The zero-order chi connectivity index (χ0) is 24.2. The van der Waals surface area contributed by atoms with Crippen LogP contribution in [0.4, 0.5) is 0 Å². The molecule has 0 bridgehead atoms. The standard InChI is InChI=1S/C28H38BrNO2Si/c1-7-22-19-27(31)30(20-21-11-9-8-10-12-21)25(23-13-15-24(29)16-14-23)17-18-26(22)32-33(5,6)28(2,3)4/h8-18,22,25-26H,7,19-20H2,1-6H3/b18-17-/t22-,25-,26-/m1/s1. The third kappa shape index (κ3) is 6.46. The molecule has 178 valence electrons. The second-order valence-corrected chi connectivity index (χ2v) is 16.3. The molecule has 1 amide bonds. The first kappa shape index (κ1) is 25.9. The first-order valence-corrected chi connectivity index (χ1v) is 15.7. The normalized spacial score (nSPS) is 23.2. The molecule has 0 saturated carbocycles. The van der Waals surface area contributed by atoms with E-state index in [1.165, 1.54) is 0 Å². The Kier molecular flexibility index (Phi) is 8.41. The minimum Gasteiger partial charge on any atom is -0.410 e. The molecular weight excluding hydrogens is 490 g/mol. The van der Waals surface area contributed by atoms with Crippen LogP contribution >= 0.6 is 15.9 Å². The number of nitrogens with zero attached hydrogens (tertiary/aromatic N) is 1. The van der Waals surface area contributed by atoms with Gasteiger partial charge in [0.25, 0.3) is 0 Å². The first-order chi connectivity index (χ1) is 15.5. The Hall–Kier alpha value is -1.69. The molecule has 0 aliphatic carbocycles. The predicted octanol–water partition coefficient (Wildman–Crippen LogP) is 7.90. The molecule has 0 spiro atoms. The smallest absolute Gasteiger partial charge is 0.224 e. The predicted molar refractivity (Wildman–Crippen MR) is 143 cm³/mol. The van der Waals surface area contributed by atoms with Crippen molar-refractivity contribution in [3.05, 3.63) is 82.3 Å². The summed E-state index contributed by atoms with van der Waals surface area (Å²) in [4.78, 5) is 15.8. The fourth-order valence-electron chi connectivity index (χ4n) is 4.04. The Morgan fingerprint density at radius 2 is 1.67 bits per heavy atom. The largest absolute Gasteiger partial charge is 0.410 e. The Labute approximate surface area is 209 Å². The summed E-state index contributed by atoms with van der Waals surface area (Å²) in [6.07, 6.45) is 5.81. The first-order valence-electron chi connectivity index (χ1n) is 12.0. The second kappa shape index (κ2) is 10.7. The van der Waals surface area contributed by atoms with Gasteiger partial charge in [-0.1, -0.05) is 105 Å². The van der Waals surface area contributed by atoms with E-state index in [9.17, 15) is 4.79 Å². The maximum Gasteiger partial charge on any atom is 0.224 e. The van der Waals surface area contributed by atoms with Crippen LogP contribution in [0.3, 0.4) is 0 Å². The summed E-state index contributed by atoms with van der Waals surface area (Å²) in [5.74, 6) is 0.360. The highest BCUT2D eigenvalue weighted by Gasteiger charge is 2.41. The van der Waals surface area contributed by atoms with Gasteiger partial charge in [-0.25, -0.2) is 0 Å². The van der Waals surface area contributed by atoms with Gasteiger partial charge in [-0.05, 0) is 47.3 Å². The highest BCUT2D eigenvalue weighted by Crippen LogP contribution is 2.40. The van der Waals surface area contributed by atoms with Crippen molar-refractivity contribution in [3.8, 4) is 0 Å². The lowest BCUT2D eigenvalue weighted by Gasteiger charge is -2.42. The zero-order valence-electron chi connectivity index (χ0n) is 20.8. The molecule has 0 aromatic heterocycles. The van der Waals surface area contributed by atoms with Crippen molar-refractivity contribution in [2.75, 3.05) is 0 Å². The third-order valence-electron chi connectivity index (χ3n) is 7.21. The highest BCUT2D eigenvalue weighted by molar-refractivity contribution is 9.10. The summed E-state index contributed by atoms with van der Waals surface area (Å²) in [5.41, 5.74) is 2.25. The lowest BCUT2D eigenvalue weighted by Crippen LogP contribution is -2.47. The number of halogens is 1. The summed E-state index contributed by atoms with van der Waals surface area (Å²) in [7, 11) is -1.98. The average Bonchev–Trinajstić information content (AvgIpc) is 2.76. The van der Waals surface area contributed by atoms with Gasteiger partial charge in [0.15, 0.2) is 8.32 Å². The van der Waals surface area contributed by atoms with Gasteiger partial charge in [0.1, 0.15) is 0 Å². The SMILES string of the molecule is CC[C@@H]1CC(=O)N(Cc2ccccc2)[C@@H](c2ccc(Br)cc2)/C=C\[C@H]1O[Si](C)(C)C(C)(C)C. The number of hydrogen-bond acceptors (Lipinski definition) is 2. The van der Waals surface area contributed by atoms with Crippen LogP contribution in [0.1, 0.15) is 57.7 Å². The van der Waals surface area contributed by atoms with Crippen molar-refractivity contribution in [2.24, 2.45) is 5.92 Å². The van der Waals surface area contributed by atoms with Crippen molar-refractivity contribution in [1.29, 1.82) is 0 Å². The van der Waals surface area contributed by atoms with Crippen LogP contribution in [0.5, 0.6) is 0 Å². The monoisotopic (exact) mass is 527 g/mol. The van der Waals surface area contributed by atoms with E-state index in [0.29, 0.717) is 13.0 Å². The minimum absolute atomic E-state index is 0.0448. The van der Waals surface area contributed by atoms with E-state index in [4.69, 9.17) is 4.43 Å². The number of rotatable bonds is 6. The van der Waals surface area contributed by atoms with Crippen LogP contribution in [-0.4, -0.2) is 25.2 Å². The number of carbonyl (C=O) groups excluding carboxylic acids is 1. The van der Waals surface area contributed by atoms with Gasteiger partial charge in [0, 0.05) is 17.4 Å². The van der Waals surface area contributed by atoms with Crippen molar-refractivity contribution in [2.45, 2.75) is 77.4 Å². The maximum atomic E-state index is 13.7.